The number of pyridine rings is 1. The van der Waals surface area contributed by atoms with Crippen molar-refractivity contribution in [2.75, 3.05) is 6.61 Å². The maximum Gasteiger partial charge on any atom is 0.323 e. The van der Waals surface area contributed by atoms with Crippen molar-refractivity contribution in [2.45, 2.75) is 37.6 Å². The Morgan fingerprint density at radius 2 is 2.00 bits per heavy atom. The standard InChI is InChI=1S/C22H23F2NO4/c23-22(24,18-10-4-2-5-11-18)21-28-15-17(8-3-1-6-12-19(26)27)20(29-21)16-9-7-13-25-14-16/h1-5,7,9-11,13-14,17,20-21H,6,8,12,15H2,(H,26,27)/b3-1-. The summed E-state index contributed by atoms with van der Waals surface area (Å²) in [6, 6.07) is 11.0. The highest BCUT2D eigenvalue weighted by molar-refractivity contribution is 5.66. The van der Waals surface area contributed by atoms with Gasteiger partial charge in [0, 0.05) is 30.3 Å². The first kappa shape index (κ1) is 21.1. The highest BCUT2D eigenvalue weighted by atomic mass is 19.3. The van der Waals surface area contributed by atoms with Crippen LogP contribution in [0.2, 0.25) is 0 Å². The molecule has 0 radical (unpaired) electrons. The molecule has 1 aromatic heterocycles. The van der Waals surface area contributed by atoms with Gasteiger partial charge < -0.3 is 14.6 Å². The molecule has 2 aromatic rings. The number of alkyl halides is 2. The molecule has 1 aromatic carbocycles. The van der Waals surface area contributed by atoms with Gasteiger partial charge in [-0.05, 0) is 24.5 Å². The Labute approximate surface area is 168 Å². The molecule has 1 aliphatic heterocycles. The molecule has 1 aliphatic rings. The van der Waals surface area contributed by atoms with Crippen molar-refractivity contribution >= 4 is 5.97 Å². The van der Waals surface area contributed by atoms with Crippen LogP contribution in [0.4, 0.5) is 8.78 Å². The average molecular weight is 403 g/mol. The molecule has 0 bridgehead atoms. The fourth-order valence-electron chi connectivity index (χ4n) is 3.25. The lowest BCUT2D eigenvalue weighted by Crippen LogP contribution is -2.44. The van der Waals surface area contributed by atoms with Crippen LogP contribution in [0, 0.1) is 5.92 Å². The van der Waals surface area contributed by atoms with Crippen molar-refractivity contribution in [2.24, 2.45) is 5.92 Å². The van der Waals surface area contributed by atoms with E-state index in [-0.39, 0.29) is 24.5 Å². The number of aromatic nitrogens is 1. The van der Waals surface area contributed by atoms with Crippen LogP contribution >= 0.6 is 0 Å². The van der Waals surface area contributed by atoms with Crippen molar-refractivity contribution in [3.8, 4) is 0 Å². The average Bonchev–Trinajstić information content (AvgIpc) is 2.74. The topological polar surface area (TPSA) is 68.7 Å². The van der Waals surface area contributed by atoms with Crippen LogP contribution in [0.15, 0.2) is 67.0 Å². The lowest BCUT2D eigenvalue weighted by molar-refractivity contribution is -0.320. The summed E-state index contributed by atoms with van der Waals surface area (Å²) in [6.45, 7) is 0.0932. The molecule has 0 aliphatic carbocycles. The molecule has 1 fully saturated rings. The van der Waals surface area contributed by atoms with Gasteiger partial charge in [0.15, 0.2) is 0 Å². The minimum Gasteiger partial charge on any atom is -0.481 e. The van der Waals surface area contributed by atoms with E-state index in [2.05, 4.69) is 4.98 Å². The van der Waals surface area contributed by atoms with Crippen LogP contribution in [0.5, 0.6) is 0 Å². The zero-order chi connectivity index (χ0) is 20.7. The molecule has 1 N–H and O–H groups in total. The Bertz CT molecular complexity index is 814. The Morgan fingerprint density at radius 3 is 2.69 bits per heavy atom. The number of hydrogen-bond donors (Lipinski definition) is 1. The van der Waals surface area contributed by atoms with Crippen molar-refractivity contribution in [3.63, 3.8) is 0 Å². The summed E-state index contributed by atoms with van der Waals surface area (Å²) < 4.78 is 41.1. The van der Waals surface area contributed by atoms with E-state index in [0.717, 1.165) is 0 Å². The van der Waals surface area contributed by atoms with Crippen LogP contribution in [-0.2, 0) is 20.2 Å². The lowest BCUT2D eigenvalue weighted by atomic mass is 9.92. The fraction of sp³-hybridized carbons (Fsp3) is 0.364. The zero-order valence-corrected chi connectivity index (χ0v) is 15.8. The molecule has 3 rings (SSSR count). The number of hydrogen-bond acceptors (Lipinski definition) is 4. The summed E-state index contributed by atoms with van der Waals surface area (Å²) in [5.41, 5.74) is 0.538. The van der Waals surface area contributed by atoms with Gasteiger partial charge in [0.05, 0.1) is 12.7 Å². The summed E-state index contributed by atoms with van der Waals surface area (Å²) >= 11 is 0. The first-order chi connectivity index (χ1) is 14.0. The number of rotatable bonds is 8. The second-order valence-corrected chi connectivity index (χ2v) is 6.90. The normalized spacial score (nSPS) is 22.6. The largest absolute Gasteiger partial charge is 0.481 e. The van der Waals surface area contributed by atoms with Crippen molar-refractivity contribution in [1.82, 2.24) is 4.98 Å². The van der Waals surface area contributed by atoms with Crippen molar-refractivity contribution in [3.05, 3.63) is 78.1 Å². The number of halogens is 2. The smallest absolute Gasteiger partial charge is 0.323 e. The number of carboxylic acids is 1. The number of benzene rings is 1. The first-order valence-corrected chi connectivity index (χ1v) is 9.45. The van der Waals surface area contributed by atoms with E-state index < -0.39 is 24.3 Å². The quantitative estimate of drug-likeness (QED) is 0.646. The minimum absolute atomic E-state index is 0.0472. The third-order valence-electron chi connectivity index (χ3n) is 4.76. The van der Waals surface area contributed by atoms with Gasteiger partial charge in [-0.25, -0.2) is 0 Å². The summed E-state index contributed by atoms with van der Waals surface area (Å²) in [4.78, 5) is 14.7. The first-order valence-electron chi connectivity index (χ1n) is 9.45. The summed E-state index contributed by atoms with van der Waals surface area (Å²) in [7, 11) is 0. The summed E-state index contributed by atoms with van der Waals surface area (Å²) in [5.74, 6) is -4.36. The van der Waals surface area contributed by atoms with Gasteiger partial charge in [0.25, 0.3) is 0 Å². The third kappa shape index (κ3) is 5.46. The minimum atomic E-state index is -3.30. The van der Waals surface area contributed by atoms with E-state index in [1.54, 1.807) is 48.8 Å². The molecular weight excluding hydrogens is 380 g/mol. The van der Waals surface area contributed by atoms with Crippen LogP contribution < -0.4 is 0 Å². The Morgan fingerprint density at radius 1 is 1.21 bits per heavy atom. The van der Waals surface area contributed by atoms with Gasteiger partial charge in [-0.3, -0.25) is 9.78 Å². The molecule has 3 unspecified atom stereocenters. The molecule has 0 amide bonds. The predicted octanol–water partition coefficient (Wildman–Crippen LogP) is 4.71. The number of allylic oxidation sites excluding steroid dienone is 2. The van der Waals surface area contributed by atoms with Gasteiger partial charge in [-0.15, -0.1) is 0 Å². The lowest BCUT2D eigenvalue weighted by Gasteiger charge is -2.39. The second-order valence-electron chi connectivity index (χ2n) is 6.90. The van der Waals surface area contributed by atoms with Gasteiger partial charge in [-0.2, -0.15) is 8.78 Å². The molecule has 154 valence electrons. The van der Waals surface area contributed by atoms with Gasteiger partial charge in [0.2, 0.25) is 6.29 Å². The molecule has 3 atom stereocenters. The second kappa shape index (κ2) is 9.71. The molecule has 2 heterocycles. The van der Waals surface area contributed by atoms with E-state index in [0.29, 0.717) is 18.4 Å². The number of carboxylic acid groups (broad SMARTS) is 1. The van der Waals surface area contributed by atoms with Crippen LogP contribution in [0.3, 0.4) is 0 Å². The molecular formula is C22H23F2NO4. The molecule has 7 heteroatoms. The Balaban J connectivity index is 1.74. The number of aliphatic carboxylic acids is 1. The summed E-state index contributed by atoms with van der Waals surface area (Å²) in [5, 5.41) is 8.70. The maximum atomic E-state index is 15.0. The third-order valence-corrected chi connectivity index (χ3v) is 4.76. The van der Waals surface area contributed by atoms with E-state index in [1.807, 2.05) is 6.08 Å². The Hall–Kier alpha value is -2.64. The highest BCUT2D eigenvalue weighted by Crippen LogP contribution is 2.42. The van der Waals surface area contributed by atoms with Crippen LogP contribution in [-0.4, -0.2) is 29.0 Å². The molecule has 1 saturated heterocycles. The van der Waals surface area contributed by atoms with E-state index in [1.165, 1.54) is 12.1 Å². The SMILES string of the molecule is O=C(O)CC/C=C\CC1COC(C(F)(F)c2ccccc2)OC1c1cccnc1. The number of ether oxygens (including phenoxy) is 2. The highest BCUT2D eigenvalue weighted by Gasteiger charge is 2.48. The van der Waals surface area contributed by atoms with E-state index in [9.17, 15) is 13.6 Å². The van der Waals surface area contributed by atoms with E-state index >= 15 is 0 Å². The molecule has 5 nitrogen and oxygen atoms in total. The molecule has 0 spiro atoms. The maximum absolute atomic E-state index is 15.0. The van der Waals surface area contributed by atoms with Crippen LogP contribution in [0.1, 0.15) is 36.5 Å². The van der Waals surface area contributed by atoms with Gasteiger partial charge >= 0.3 is 11.9 Å². The predicted molar refractivity (Wildman–Crippen MR) is 102 cm³/mol. The van der Waals surface area contributed by atoms with Gasteiger partial charge in [0.1, 0.15) is 0 Å². The summed E-state index contributed by atoms with van der Waals surface area (Å²) in [6.07, 6.45) is 5.50. The van der Waals surface area contributed by atoms with Crippen molar-refractivity contribution in [1.29, 1.82) is 0 Å². The van der Waals surface area contributed by atoms with E-state index in [4.69, 9.17) is 14.6 Å². The molecule has 29 heavy (non-hydrogen) atoms. The molecule has 0 saturated carbocycles. The monoisotopic (exact) mass is 403 g/mol. The number of nitrogens with zero attached hydrogens (tertiary/aromatic N) is 1. The van der Waals surface area contributed by atoms with Crippen molar-refractivity contribution < 1.29 is 28.2 Å². The van der Waals surface area contributed by atoms with Gasteiger partial charge in [-0.1, -0.05) is 48.6 Å². The zero-order valence-electron chi connectivity index (χ0n) is 15.8. The van der Waals surface area contributed by atoms with Crippen LogP contribution in [0.25, 0.3) is 0 Å². The fourth-order valence-corrected chi connectivity index (χ4v) is 3.25. The Kier molecular flexibility index (Phi) is 7.06. The number of carbonyl (C=O) groups is 1.